The average molecular weight is 330 g/mol. The third-order valence-corrected chi connectivity index (χ3v) is 5.38. The van der Waals surface area contributed by atoms with E-state index in [9.17, 15) is 15.8 Å². The molecule has 0 unspecified atom stereocenters. The van der Waals surface area contributed by atoms with E-state index in [1.54, 1.807) is 12.4 Å². The summed E-state index contributed by atoms with van der Waals surface area (Å²) in [4.78, 5) is 6.27. The van der Waals surface area contributed by atoms with Crippen molar-refractivity contribution in [1.29, 1.82) is 21.2 Å². The number of nitriles is 3. The van der Waals surface area contributed by atoms with Crippen molar-refractivity contribution in [3.63, 3.8) is 0 Å². The zero-order chi connectivity index (χ0) is 18.0. The molecule has 3 rings (SSSR count). The van der Waals surface area contributed by atoms with Crippen molar-refractivity contribution in [3.05, 3.63) is 41.7 Å². The smallest absolute Gasteiger partial charge is 0.203 e. The van der Waals surface area contributed by atoms with Gasteiger partial charge in [0, 0.05) is 37.3 Å². The Hall–Kier alpha value is -3.01. The van der Waals surface area contributed by atoms with Gasteiger partial charge < -0.3 is 5.41 Å². The zero-order valence-corrected chi connectivity index (χ0v) is 14.0. The molecule has 6 heteroatoms. The maximum Gasteiger partial charge on any atom is 0.203 e. The zero-order valence-electron chi connectivity index (χ0n) is 14.0. The van der Waals surface area contributed by atoms with Gasteiger partial charge in [0.2, 0.25) is 5.41 Å². The molecule has 1 N–H and O–H groups in total. The van der Waals surface area contributed by atoms with E-state index in [0.717, 1.165) is 12.1 Å². The summed E-state index contributed by atoms with van der Waals surface area (Å²) < 4.78 is 0. The lowest BCUT2D eigenvalue weighted by atomic mass is 9.55. The standard InChI is InChI=1S/C19H18N6/c1-2-25-8-5-16-15(10-25)17(13-3-6-24-7-4-13)14(9-20)18(23)19(16,11-21)12-22/h3-7,14-15,17,23H,2,8,10H2,1H3/t14-,15+,17+/m0/s1. The molecule has 1 fully saturated rings. The maximum atomic E-state index is 9.77. The minimum Gasteiger partial charge on any atom is -0.305 e. The van der Waals surface area contributed by atoms with Crippen LogP contribution in [0.2, 0.25) is 0 Å². The molecule has 0 amide bonds. The first-order valence-electron chi connectivity index (χ1n) is 8.26. The van der Waals surface area contributed by atoms with Gasteiger partial charge in [0.15, 0.2) is 0 Å². The van der Waals surface area contributed by atoms with E-state index in [-0.39, 0.29) is 17.5 Å². The largest absolute Gasteiger partial charge is 0.305 e. The summed E-state index contributed by atoms with van der Waals surface area (Å²) in [6.45, 7) is 4.24. The van der Waals surface area contributed by atoms with Crippen molar-refractivity contribution < 1.29 is 0 Å². The number of hydrogen-bond acceptors (Lipinski definition) is 6. The molecule has 0 bridgehead atoms. The summed E-state index contributed by atoms with van der Waals surface area (Å²) in [7, 11) is 0. The topological polar surface area (TPSA) is 111 Å². The molecule has 124 valence electrons. The highest BCUT2D eigenvalue weighted by atomic mass is 15.1. The van der Waals surface area contributed by atoms with Gasteiger partial charge in [-0.15, -0.1) is 0 Å². The van der Waals surface area contributed by atoms with E-state index >= 15 is 0 Å². The van der Waals surface area contributed by atoms with Gasteiger partial charge in [-0.3, -0.25) is 9.88 Å². The fourth-order valence-corrected chi connectivity index (χ4v) is 4.06. The van der Waals surface area contributed by atoms with Gasteiger partial charge in [-0.25, -0.2) is 0 Å². The second-order valence-electron chi connectivity index (χ2n) is 6.42. The van der Waals surface area contributed by atoms with Gasteiger partial charge in [-0.2, -0.15) is 15.8 Å². The van der Waals surface area contributed by atoms with Gasteiger partial charge >= 0.3 is 0 Å². The SMILES string of the molecule is CCN1CC=C2[C@@H](C1)[C@H](c1ccncc1)[C@H](C#N)C(=N)C2(C#N)C#N. The monoisotopic (exact) mass is 330 g/mol. The van der Waals surface area contributed by atoms with Crippen LogP contribution in [0.15, 0.2) is 36.2 Å². The number of rotatable bonds is 2. The van der Waals surface area contributed by atoms with Gasteiger partial charge in [0.05, 0.1) is 29.8 Å². The Morgan fingerprint density at radius 2 is 1.96 bits per heavy atom. The number of nitrogens with zero attached hydrogens (tertiary/aromatic N) is 5. The van der Waals surface area contributed by atoms with Crippen molar-refractivity contribution >= 4 is 5.71 Å². The predicted octanol–water partition coefficient (Wildman–Crippen LogP) is 2.25. The summed E-state index contributed by atoms with van der Waals surface area (Å²) >= 11 is 0. The number of hydrogen-bond donors (Lipinski definition) is 1. The van der Waals surface area contributed by atoms with Gasteiger partial charge in [0.25, 0.3) is 0 Å². The van der Waals surface area contributed by atoms with Crippen LogP contribution in [0.5, 0.6) is 0 Å². The van der Waals surface area contributed by atoms with Gasteiger partial charge in [-0.05, 0) is 29.8 Å². The predicted molar refractivity (Wildman–Crippen MR) is 91.2 cm³/mol. The minimum atomic E-state index is -1.63. The van der Waals surface area contributed by atoms with E-state index in [2.05, 4.69) is 22.9 Å². The Kier molecular flexibility index (Phi) is 4.36. The second kappa shape index (κ2) is 6.48. The van der Waals surface area contributed by atoms with Crippen molar-refractivity contribution in [2.45, 2.75) is 12.8 Å². The van der Waals surface area contributed by atoms with Crippen LogP contribution in [0, 0.1) is 56.7 Å². The van der Waals surface area contributed by atoms with Crippen molar-refractivity contribution in [2.75, 3.05) is 19.6 Å². The van der Waals surface area contributed by atoms with Crippen LogP contribution in [-0.4, -0.2) is 35.2 Å². The number of likely N-dealkylation sites (N-methyl/N-ethyl adjacent to an activating group) is 1. The molecule has 3 atom stereocenters. The normalized spacial score (nSPS) is 28.0. The van der Waals surface area contributed by atoms with Crippen molar-refractivity contribution in [1.82, 2.24) is 9.88 Å². The molecule has 25 heavy (non-hydrogen) atoms. The van der Waals surface area contributed by atoms with E-state index < -0.39 is 11.3 Å². The Labute approximate surface area is 147 Å². The van der Waals surface area contributed by atoms with Crippen LogP contribution >= 0.6 is 0 Å². The highest BCUT2D eigenvalue weighted by Crippen LogP contribution is 2.52. The molecule has 0 aromatic carbocycles. The number of aromatic nitrogens is 1. The van der Waals surface area contributed by atoms with E-state index in [1.807, 2.05) is 30.3 Å². The van der Waals surface area contributed by atoms with Crippen LogP contribution in [-0.2, 0) is 0 Å². The third kappa shape index (κ3) is 2.41. The molecule has 0 saturated heterocycles. The molecule has 1 aliphatic carbocycles. The fourth-order valence-electron chi connectivity index (χ4n) is 4.06. The molecular weight excluding hydrogens is 312 g/mol. The lowest BCUT2D eigenvalue weighted by molar-refractivity contribution is 0.218. The highest BCUT2D eigenvalue weighted by molar-refractivity contribution is 6.01. The molecule has 1 saturated carbocycles. The van der Waals surface area contributed by atoms with Crippen LogP contribution in [0.25, 0.3) is 0 Å². The number of pyridine rings is 1. The lowest BCUT2D eigenvalue weighted by Crippen LogP contribution is -2.52. The molecule has 2 heterocycles. The van der Waals surface area contributed by atoms with Gasteiger partial charge in [0.1, 0.15) is 0 Å². The Morgan fingerprint density at radius 3 is 2.52 bits per heavy atom. The number of nitrogens with one attached hydrogen (secondary N) is 1. The highest BCUT2D eigenvalue weighted by Gasteiger charge is 2.56. The van der Waals surface area contributed by atoms with E-state index in [1.165, 1.54) is 0 Å². The summed E-state index contributed by atoms with van der Waals surface area (Å²) in [5.74, 6) is -1.20. The molecule has 0 spiro atoms. The summed E-state index contributed by atoms with van der Waals surface area (Å²) in [5, 5.41) is 37.8. The van der Waals surface area contributed by atoms with Crippen molar-refractivity contribution in [2.24, 2.45) is 17.3 Å². The minimum absolute atomic E-state index is 0.103. The summed E-state index contributed by atoms with van der Waals surface area (Å²) in [5.41, 5.74) is -0.131. The molecule has 6 nitrogen and oxygen atoms in total. The third-order valence-electron chi connectivity index (χ3n) is 5.38. The Morgan fingerprint density at radius 1 is 1.28 bits per heavy atom. The molecule has 0 radical (unpaired) electrons. The second-order valence-corrected chi connectivity index (χ2v) is 6.42. The summed E-state index contributed by atoms with van der Waals surface area (Å²) in [6.07, 6.45) is 5.27. The fraction of sp³-hybridized carbons (Fsp3) is 0.421. The first-order chi connectivity index (χ1) is 12.1. The average Bonchev–Trinajstić information content (AvgIpc) is 2.68. The quantitative estimate of drug-likeness (QED) is 0.836. The molecule has 1 aromatic heterocycles. The molecular formula is C19H18N6. The Bertz CT molecular complexity index is 821. The van der Waals surface area contributed by atoms with Crippen LogP contribution < -0.4 is 0 Å². The lowest BCUT2D eigenvalue weighted by Gasteiger charge is -2.47. The van der Waals surface area contributed by atoms with Crippen LogP contribution in [0.1, 0.15) is 18.4 Å². The van der Waals surface area contributed by atoms with E-state index in [0.29, 0.717) is 18.7 Å². The van der Waals surface area contributed by atoms with E-state index in [4.69, 9.17) is 5.41 Å². The first-order valence-corrected chi connectivity index (χ1v) is 8.26. The first kappa shape index (κ1) is 16.8. The molecule has 1 aromatic rings. The Balaban J connectivity index is 2.21. The summed E-state index contributed by atoms with van der Waals surface area (Å²) in [6, 6.07) is 10.0. The molecule has 1 aliphatic heterocycles. The number of fused-ring (bicyclic) bond motifs is 1. The van der Waals surface area contributed by atoms with Crippen LogP contribution in [0.4, 0.5) is 0 Å². The van der Waals surface area contributed by atoms with Gasteiger partial charge in [-0.1, -0.05) is 13.0 Å². The maximum absolute atomic E-state index is 9.77. The van der Waals surface area contributed by atoms with Crippen LogP contribution in [0.3, 0.4) is 0 Å². The van der Waals surface area contributed by atoms with Crippen molar-refractivity contribution in [3.8, 4) is 18.2 Å². The molecule has 2 aliphatic rings.